The number of Topliss-reactive ketones (excluding diaryl/α,β-unsaturated/α-hetero) is 5. The Labute approximate surface area is 216 Å². The number of nitrogens with two attached hydrogens (primary N) is 1. The van der Waals surface area contributed by atoms with E-state index in [4.69, 9.17) is 5.73 Å². The minimum atomic E-state index is -2.88. The summed E-state index contributed by atoms with van der Waals surface area (Å²) in [4.78, 5) is 92.5. The van der Waals surface area contributed by atoms with Crippen molar-refractivity contribution in [3.05, 3.63) is 22.8 Å². The van der Waals surface area contributed by atoms with Crippen LogP contribution in [0.4, 0.5) is 5.69 Å². The van der Waals surface area contributed by atoms with E-state index >= 15 is 0 Å². The molecule has 202 valence electrons. The lowest BCUT2D eigenvalue weighted by molar-refractivity contribution is -0.181. The number of aliphatic hydroxyl groups is 1. The van der Waals surface area contributed by atoms with E-state index in [1.165, 1.54) is 23.9 Å². The van der Waals surface area contributed by atoms with Gasteiger partial charge in [-0.1, -0.05) is 0 Å². The lowest BCUT2D eigenvalue weighted by Crippen LogP contribution is -2.74. The first-order valence-corrected chi connectivity index (χ1v) is 11.8. The van der Waals surface area contributed by atoms with Crippen molar-refractivity contribution in [2.75, 3.05) is 33.1 Å². The number of primary amides is 1. The van der Waals surface area contributed by atoms with E-state index < -0.39 is 93.0 Å². The highest BCUT2D eigenvalue weighted by Gasteiger charge is 2.69. The number of ketones is 5. The molecule has 0 radical (unpaired) electrons. The average molecular weight is 530 g/mol. The molecule has 1 amide bonds. The molecule has 1 aromatic carbocycles. The van der Waals surface area contributed by atoms with E-state index in [0.29, 0.717) is 0 Å². The summed E-state index contributed by atoms with van der Waals surface area (Å²) in [6, 6.07) is -0.0821. The lowest BCUT2D eigenvalue weighted by Gasteiger charge is -2.52. The number of anilines is 1. The number of benzene rings is 1. The second-order valence-electron chi connectivity index (χ2n) is 10.5. The van der Waals surface area contributed by atoms with Gasteiger partial charge in [-0.3, -0.25) is 33.7 Å². The molecule has 0 aliphatic heterocycles. The Hall–Kier alpha value is -3.97. The van der Waals surface area contributed by atoms with Crippen LogP contribution >= 0.6 is 0 Å². The van der Waals surface area contributed by atoms with Crippen LogP contribution in [0.5, 0.6) is 5.75 Å². The molecule has 13 heteroatoms. The van der Waals surface area contributed by atoms with E-state index in [0.717, 1.165) is 6.07 Å². The van der Waals surface area contributed by atoms with Crippen LogP contribution in [-0.4, -0.2) is 101 Å². The predicted octanol–water partition coefficient (Wildman–Crippen LogP) is -1.80. The van der Waals surface area contributed by atoms with Crippen molar-refractivity contribution < 1.29 is 48.9 Å². The minimum Gasteiger partial charge on any atom is -0.506 e. The van der Waals surface area contributed by atoms with E-state index in [2.05, 4.69) is 0 Å². The van der Waals surface area contributed by atoms with Crippen LogP contribution < -0.4 is 10.6 Å². The third-order valence-electron chi connectivity index (χ3n) is 7.96. The van der Waals surface area contributed by atoms with Crippen molar-refractivity contribution in [3.8, 4) is 5.75 Å². The number of carbonyl (C=O) groups is 7. The molecular formula is C25H27N3O10. The number of carbonyl (C=O) groups excluding carboxylic acids is 6. The van der Waals surface area contributed by atoms with E-state index in [1.54, 1.807) is 14.1 Å². The summed E-state index contributed by atoms with van der Waals surface area (Å²) in [5.41, 5.74) is 1.81. The van der Waals surface area contributed by atoms with Gasteiger partial charge in [0.2, 0.25) is 5.91 Å². The van der Waals surface area contributed by atoms with Crippen LogP contribution in [0.2, 0.25) is 0 Å². The van der Waals surface area contributed by atoms with Gasteiger partial charge in [0.25, 0.3) is 5.78 Å². The molecule has 0 spiro atoms. The quantitative estimate of drug-likeness (QED) is 0.189. The zero-order valence-corrected chi connectivity index (χ0v) is 21.0. The third-order valence-corrected chi connectivity index (χ3v) is 7.96. The topological polar surface area (TPSA) is 213 Å². The molecule has 6 atom stereocenters. The van der Waals surface area contributed by atoms with Crippen molar-refractivity contribution in [2.24, 2.45) is 29.4 Å². The van der Waals surface area contributed by atoms with Crippen LogP contribution in [0.15, 0.2) is 6.07 Å². The summed E-state index contributed by atoms with van der Waals surface area (Å²) in [5, 5.41) is 31.6. The third kappa shape index (κ3) is 3.49. The molecular weight excluding hydrogens is 502 g/mol. The van der Waals surface area contributed by atoms with Gasteiger partial charge in [-0.25, -0.2) is 4.79 Å². The number of hydrogen-bond acceptors (Lipinski definition) is 11. The average Bonchev–Trinajstić information content (AvgIpc) is 2.80. The highest BCUT2D eigenvalue weighted by Crippen LogP contribution is 2.52. The fraction of sp³-hybridized carbons (Fsp3) is 0.480. The van der Waals surface area contributed by atoms with E-state index in [9.17, 15) is 48.9 Å². The minimum absolute atomic E-state index is 0.0194. The number of aromatic hydroxyl groups is 1. The summed E-state index contributed by atoms with van der Waals surface area (Å²) >= 11 is 0. The summed E-state index contributed by atoms with van der Waals surface area (Å²) in [5.74, 6) is -15.9. The normalized spacial score (nSPS) is 30.4. The molecule has 5 N–H and O–H groups in total. The van der Waals surface area contributed by atoms with Crippen molar-refractivity contribution in [1.29, 1.82) is 0 Å². The highest BCUT2D eigenvalue weighted by atomic mass is 16.4. The fourth-order valence-electron chi connectivity index (χ4n) is 6.34. The van der Waals surface area contributed by atoms with Crippen LogP contribution in [0.25, 0.3) is 0 Å². The zero-order chi connectivity index (χ0) is 28.6. The Kier molecular flexibility index (Phi) is 6.27. The van der Waals surface area contributed by atoms with Gasteiger partial charge in [0, 0.05) is 25.7 Å². The lowest BCUT2D eigenvalue weighted by atomic mass is 9.52. The second kappa shape index (κ2) is 8.81. The number of carboxylic acid groups (broad SMARTS) is 1. The number of phenols is 1. The first kappa shape index (κ1) is 27.1. The van der Waals surface area contributed by atoms with Gasteiger partial charge in [0.1, 0.15) is 5.75 Å². The molecule has 0 saturated heterocycles. The Morgan fingerprint density at radius 3 is 2.16 bits per heavy atom. The van der Waals surface area contributed by atoms with E-state index in [-0.39, 0.29) is 24.1 Å². The van der Waals surface area contributed by atoms with Crippen molar-refractivity contribution >= 4 is 46.5 Å². The Bertz CT molecular complexity index is 1350. The van der Waals surface area contributed by atoms with Gasteiger partial charge in [-0.2, -0.15) is 0 Å². The number of carboxylic acids is 1. The molecule has 2 saturated carbocycles. The van der Waals surface area contributed by atoms with Crippen molar-refractivity contribution in [2.45, 2.75) is 24.5 Å². The SMILES string of the molecule is CN(C)c1cc(C(=O)C(=O)O)c(O)c2c1C[C@H]1C[C@H]3[C@H](N(C)C)C(=O)C(C(N)=O)C(=O)[C@@]3(O)C(=O)C1C2=O. The van der Waals surface area contributed by atoms with Crippen molar-refractivity contribution in [3.63, 3.8) is 0 Å². The number of likely N-dealkylation sites (N-methyl/N-ethyl adjacent to an activating group) is 1. The van der Waals surface area contributed by atoms with Crippen LogP contribution in [-0.2, 0) is 30.4 Å². The number of nitrogens with zero attached hydrogens (tertiary/aromatic N) is 2. The Balaban J connectivity index is 1.93. The maximum Gasteiger partial charge on any atom is 0.377 e. The van der Waals surface area contributed by atoms with Crippen molar-refractivity contribution in [1.82, 2.24) is 4.90 Å². The van der Waals surface area contributed by atoms with Gasteiger partial charge in [-0.05, 0) is 44.5 Å². The molecule has 38 heavy (non-hydrogen) atoms. The number of rotatable bonds is 5. The zero-order valence-electron chi connectivity index (χ0n) is 21.0. The first-order chi connectivity index (χ1) is 17.6. The maximum absolute atomic E-state index is 13.8. The number of phenolic OH excluding ortho intramolecular Hbond substituents is 1. The van der Waals surface area contributed by atoms with Gasteiger partial charge in [0.15, 0.2) is 34.7 Å². The maximum atomic E-state index is 13.8. The fourth-order valence-corrected chi connectivity index (χ4v) is 6.34. The molecule has 1 aromatic rings. The number of hydrogen-bond donors (Lipinski definition) is 4. The number of amides is 1. The molecule has 0 bridgehead atoms. The Morgan fingerprint density at radius 1 is 1.05 bits per heavy atom. The summed E-state index contributed by atoms with van der Waals surface area (Å²) in [7, 11) is 6.12. The number of fused-ring (bicyclic) bond motifs is 3. The summed E-state index contributed by atoms with van der Waals surface area (Å²) in [6.45, 7) is 0. The van der Waals surface area contributed by atoms with Gasteiger partial charge < -0.3 is 26.0 Å². The van der Waals surface area contributed by atoms with E-state index in [1.807, 2.05) is 0 Å². The van der Waals surface area contributed by atoms with Crippen LogP contribution in [0.3, 0.4) is 0 Å². The van der Waals surface area contributed by atoms with Crippen LogP contribution in [0, 0.1) is 23.7 Å². The molecule has 3 aliphatic carbocycles. The first-order valence-electron chi connectivity index (χ1n) is 11.8. The monoisotopic (exact) mass is 529 g/mol. The molecule has 0 aromatic heterocycles. The molecule has 2 fully saturated rings. The van der Waals surface area contributed by atoms with Gasteiger partial charge in [0.05, 0.1) is 23.1 Å². The molecule has 0 heterocycles. The van der Waals surface area contributed by atoms with Crippen LogP contribution in [0.1, 0.15) is 32.7 Å². The summed E-state index contributed by atoms with van der Waals surface area (Å²) in [6.07, 6.45) is -0.151. The molecule has 2 unspecified atom stereocenters. The smallest absolute Gasteiger partial charge is 0.377 e. The van der Waals surface area contributed by atoms with Gasteiger partial charge in [-0.15, -0.1) is 0 Å². The molecule has 13 nitrogen and oxygen atoms in total. The number of aliphatic carboxylic acids is 1. The molecule has 3 aliphatic rings. The second-order valence-corrected chi connectivity index (χ2v) is 10.5. The highest BCUT2D eigenvalue weighted by molar-refractivity contribution is 6.41. The standard InChI is InChI=1S/C25H27N3O10/c1-27(2)12-7-10(18(30)24(36)37)17(29)14-9(12)5-8-6-11-16(28(3)4)20(32)15(23(26)35)22(34)25(11,38)21(33)13(8)19(14)31/h7-8,11,13,15-16,29,38H,5-6H2,1-4H3,(H2,26,35)(H,36,37)/t8-,11-,13?,15?,16-,25-/m0/s1. The Morgan fingerprint density at radius 2 is 1.66 bits per heavy atom. The molecule has 4 rings (SSSR count). The van der Waals surface area contributed by atoms with Gasteiger partial charge >= 0.3 is 5.97 Å². The summed E-state index contributed by atoms with van der Waals surface area (Å²) < 4.78 is 0. The predicted molar refractivity (Wildman–Crippen MR) is 128 cm³/mol. The largest absolute Gasteiger partial charge is 0.506 e.